The number of hydrogen-bond acceptors (Lipinski definition) is 3. The second-order valence-corrected chi connectivity index (χ2v) is 9.63. The van der Waals surface area contributed by atoms with Crippen molar-refractivity contribution in [2.24, 2.45) is 0 Å². The summed E-state index contributed by atoms with van der Waals surface area (Å²) in [6, 6.07) is 8.45. The summed E-state index contributed by atoms with van der Waals surface area (Å²) in [5.41, 5.74) is -0.615. The zero-order chi connectivity index (χ0) is 27.6. The Morgan fingerprint density at radius 1 is 1.16 bits per heavy atom. The van der Waals surface area contributed by atoms with E-state index in [2.05, 4.69) is 13.2 Å². The molecule has 0 spiro atoms. The number of allylic oxidation sites excluding steroid dienone is 2. The fourth-order valence-corrected chi connectivity index (χ4v) is 4.76. The smallest absolute Gasteiger partial charge is 0.431 e. The molecule has 2 amide bonds. The fraction of sp³-hybridized carbons (Fsp3) is 0.321. The van der Waals surface area contributed by atoms with E-state index in [-0.39, 0.29) is 35.5 Å². The lowest BCUT2D eigenvalue weighted by molar-refractivity contribution is -0.106. The number of amides is 2. The zero-order valence-corrected chi connectivity index (χ0v) is 21.5. The number of hydrogen-bond donors (Lipinski definition) is 0. The van der Waals surface area contributed by atoms with Crippen LogP contribution in [0.1, 0.15) is 36.8 Å². The van der Waals surface area contributed by atoms with Crippen molar-refractivity contribution in [3.63, 3.8) is 0 Å². The number of carbonyl (C=O) groups excluding carboxylic acids is 1. The van der Waals surface area contributed by atoms with E-state index in [0.29, 0.717) is 28.0 Å². The number of alkyl halides is 3. The molecule has 5 nitrogen and oxygen atoms in total. The first-order valence-corrected chi connectivity index (χ1v) is 12.4. The van der Waals surface area contributed by atoms with Gasteiger partial charge in [0.05, 0.1) is 11.8 Å². The minimum Gasteiger partial charge on any atom is -0.492 e. The molecule has 0 bridgehead atoms. The van der Waals surface area contributed by atoms with Crippen LogP contribution in [0.3, 0.4) is 0 Å². The number of nitrogens with zero attached hydrogens (tertiary/aromatic N) is 2. The molecular weight excluding hydrogens is 524 g/mol. The van der Waals surface area contributed by atoms with Gasteiger partial charge in [0.15, 0.2) is 0 Å². The third kappa shape index (κ3) is 5.99. The first-order chi connectivity index (χ1) is 18.0. The normalized spacial score (nSPS) is 16.6. The molecule has 1 aliphatic heterocycles. The number of carbonyl (C=O) groups is 1. The molecule has 2 aromatic rings. The Labute approximate surface area is 223 Å². The van der Waals surface area contributed by atoms with Gasteiger partial charge >= 0.3 is 12.2 Å². The van der Waals surface area contributed by atoms with Crippen LogP contribution in [0.5, 0.6) is 5.75 Å². The van der Waals surface area contributed by atoms with Crippen LogP contribution in [-0.4, -0.2) is 36.9 Å². The van der Waals surface area contributed by atoms with Crippen LogP contribution in [0.2, 0.25) is 5.02 Å². The molecule has 202 valence electrons. The van der Waals surface area contributed by atoms with Crippen LogP contribution in [-0.2, 0) is 11.2 Å². The molecule has 2 aliphatic rings. The van der Waals surface area contributed by atoms with Gasteiger partial charge in [-0.1, -0.05) is 43.0 Å². The van der Waals surface area contributed by atoms with Crippen molar-refractivity contribution in [2.75, 3.05) is 18.6 Å². The minimum absolute atomic E-state index is 0.0879. The molecule has 0 aromatic heterocycles. The number of halogens is 5. The van der Waals surface area contributed by atoms with Gasteiger partial charge in [-0.15, -0.1) is 0 Å². The van der Waals surface area contributed by atoms with Crippen LogP contribution in [0, 0.1) is 5.82 Å². The van der Waals surface area contributed by atoms with Gasteiger partial charge in [0, 0.05) is 24.2 Å². The van der Waals surface area contributed by atoms with Crippen molar-refractivity contribution in [3.8, 4) is 5.75 Å². The average molecular weight is 551 g/mol. The summed E-state index contributed by atoms with van der Waals surface area (Å²) in [5.74, 6) is 0.184. The van der Waals surface area contributed by atoms with Crippen molar-refractivity contribution in [2.45, 2.75) is 44.4 Å². The third-order valence-electron chi connectivity index (χ3n) is 6.46. The average Bonchev–Trinajstić information content (AvgIpc) is 3.35. The van der Waals surface area contributed by atoms with E-state index in [4.69, 9.17) is 21.1 Å². The zero-order valence-electron chi connectivity index (χ0n) is 20.8. The van der Waals surface area contributed by atoms with Gasteiger partial charge in [0.25, 0.3) is 0 Å². The number of anilines is 1. The first kappa shape index (κ1) is 27.6. The summed E-state index contributed by atoms with van der Waals surface area (Å²) in [4.78, 5) is 14.0. The maximum atomic E-state index is 15.0. The van der Waals surface area contributed by atoms with E-state index in [1.807, 2.05) is 6.07 Å². The van der Waals surface area contributed by atoms with Crippen molar-refractivity contribution < 1.29 is 31.8 Å². The van der Waals surface area contributed by atoms with Crippen molar-refractivity contribution in [1.29, 1.82) is 0 Å². The number of ether oxygens (including phenoxy) is 2. The van der Waals surface area contributed by atoms with E-state index < -0.39 is 23.7 Å². The number of benzene rings is 2. The van der Waals surface area contributed by atoms with Gasteiger partial charge < -0.3 is 9.47 Å². The Bertz CT molecular complexity index is 1290. The maximum absolute atomic E-state index is 15.0. The monoisotopic (exact) mass is 550 g/mol. The van der Waals surface area contributed by atoms with Crippen LogP contribution >= 0.6 is 11.6 Å². The summed E-state index contributed by atoms with van der Waals surface area (Å²) in [5, 5.41) is 0.0879. The highest BCUT2D eigenvalue weighted by atomic mass is 35.5. The summed E-state index contributed by atoms with van der Waals surface area (Å²) in [6.07, 6.45) is 0.534. The van der Waals surface area contributed by atoms with E-state index in [9.17, 15) is 22.4 Å². The third-order valence-corrected chi connectivity index (χ3v) is 6.81. The molecule has 2 aromatic carbocycles. The molecule has 38 heavy (non-hydrogen) atoms. The fourth-order valence-electron chi connectivity index (χ4n) is 4.54. The van der Waals surface area contributed by atoms with E-state index >= 15 is 0 Å². The van der Waals surface area contributed by atoms with Crippen LogP contribution in [0.25, 0.3) is 0 Å². The Morgan fingerprint density at radius 3 is 2.53 bits per heavy atom. The Balaban J connectivity index is 1.56. The van der Waals surface area contributed by atoms with Gasteiger partial charge in [0.1, 0.15) is 29.6 Å². The molecule has 1 fully saturated rings. The summed E-state index contributed by atoms with van der Waals surface area (Å²) in [7, 11) is 0.966. The van der Waals surface area contributed by atoms with Gasteiger partial charge in [-0.25, -0.2) is 9.18 Å². The molecule has 10 heteroatoms. The topological polar surface area (TPSA) is 42.0 Å². The lowest BCUT2D eigenvalue weighted by Crippen LogP contribution is -2.46. The SMILES string of the molecule is C=C(COc1ccccc1Cc1cc(N2C(=C)C=C(C(F)(F)F)N(C)C2=O)c(F)cc1Cl)OC1CCCC1. The predicted molar refractivity (Wildman–Crippen MR) is 138 cm³/mol. The summed E-state index contributed by atoms with van der Waals surface area (Å²) >= 11 is 6.34. The predicted octanol–water partition coefficient (Wildman–Crippen LogP) is 7.75. The highest BCUT2D eigenvalue weighted by Gasteiger charge is 2.43. The Kier molecular flexibility index (Phi) is 8.06. The number of para-hydroxylation sites is 1. The second kappa shape index (κ2) is 11.1. The molecule has 0 N–H and O–H groups in total. The summed E-state index contributed by atoms with van der Waals surface area (Å²) in [6.45, 7) is 7.64. The van der Waals surface area contributed by atoms with Crippen molar-refractivity contribution >= 4 is 23.3 Å². The quantitative estimate of drug-likeness (QED) is 0.249. The largest absolute Gasteiger partial charge is 0.492 e. The van der Waals surface area contributed by atoms with Crippen LogP contribution in [0.15, 0.2) is 72.8 Å². The molecule has 1 heterocycles. The molecule has 1 aliphatic carbocycles. The highest BCUT2D eigenvalue weighted by molar-refractivity contribution is 6.31. The Hall–Kier alpha value is -3.46. The van der Waals surface area contributed by atoms with Crippen molar-refractivity contribution in [3.05, 3.63) is 94.8 Å². The van der Waals surface area contributed by atoms with E-state index in [1.165, 1.54) is 6.07 Å². The van der Waals surface area contributed by atoms with E-state index in [1.54, 1.807) is 18.2 Å². The lowest BCUT2D eigenvalue weighted by atomic mass is 10.0. The molecule has 0 unspecified atom stereocenters. The van der Waals surface area contributed by atoms with Gasteiger partial charge in [-0.2, -0.15) is 13.2 Å². The van der Waals surface area contributed by atoms with Crippen LogP contribution in [0.4, 0.5) is 28.0 Å². The molecule has 0 atom stereocenters. The number of rotatable bonds is 8. The second-order valence-electron chi connectivity index (χ2n) is 9.23. The summed E-state index contributed by atoms with van der Waals surface area (Å²) < 4.78 is 66.7. The lowest BCUT2D eigenvalue weighted by Gasteiger charge is -2.35. The van der Waals surface area contributed by atoms with Crippen molar-refractivity contribution in [1.82, 2.24) is 4.90 Å². The van der Waals surface area contributed by atoms with Crippen LogP contribution < -0.4 is 9.64 Å². The van der Waals surface area contributed by atoms with Gasteiger partial charge in [-0.05, 0) is 61.1 Å². The standard InChI is InChI=1S/C28H27ClF4N2O3/c1-17-12-26(28(31,32)33)34(3)27(36)35(17)24-14-20(22(29)15-23(24)30)13-19-8-4-7-11-25(19)37-16-18(2)38-21-9-5-6-10-21/h4,7-8,11-12,14-15,21H,1-2,5-6,9-10,13,16H2,3H3. The molecule has 0 radical (unpaired) electrons. The molecule has 0 saturated heterocycles. The van der Waals surface area contributed by atoms with Gasteiger partial charge in [-0.3, -0.25) is 9.80 Å². The molecule has 4 rings (SSSR count). The van der Waals surface area contributed by atoms with Gasteiger partial charge in [0.2, 0.25) is 0 Å². The minimum atomic E-state index is -4.78. The maximum Gasteiger partial charge on any atom is 0.431 e. The molecule has 1 saturated carbocycles. The first-order valence-electron chi connectivity index (χ1n) is 12.0. The Morgan fingerprint density at radius 2 is 1.84 bits per heavy atom. The molecular formula is C28H27ClF4N2O3. The highest BCUT2D eigenvalue weighted by Crippen LogP contribution is 2.38. The van der Waals surface area contributed by atoms with E-state index in [0.717, 1.165) is 49.3 Å². The number of urea groups is 1.